The monoisotopic (exact) mass is 848 g/mol. The van der Waals surface area contributed by atoms with Crippen molar-refractivity contribution in [1.29, 1.82) is 0 Å². The second-order valence-electron chi connectivity index (χ2n) is 18.6. The lowest BCUT2D eigenvalue weighted by Crippen LogP contribution is -2.62. The number of alkyl halides is 1. The van der Waals surface area contributed by atoms with Crippen LogP contribution in [-0.4, -0.2) is 110 Å². The number of halogens is 3. The Labute approximate surface area is 346 Å². The molecule has 59 heavy (non-hydrogen) atoms. The van der Waals surface area contributed by atoms with Crippen LogP contribution >= 0.6 is 0 Å². The maximum absolute atomic E-state index is 17.6. The van der Waals surface area contributed by atoms with Gasteiger partial charge in [-0.15, -0.1) is 5.54 Å². The van der Waals surface area contributed by atoms with Gasteiger partial charge in [-0.1, -0.05) is 53.5 Å². The number of hydrogen-bond donors (Lipinski definition) is 2. The van der Waals surface area contributed by atoms with Crippen molar-refractivity contribution in [2.75, 3.05) is 49.7 Å². The normalized spacial score (nSPS) is 24.8. The number of phenolic OH excluding ortho intramolecular Hbond substituents is 1. The molecule has 10 nitrogen and oxygen atoms in total. The van der Waals surface area contributed by atoms with Gasteiger partial charge in [0.1, 0.15) is 59.3 Å². The van der Waals surface area contributed by atoms with Crippen molar-refractivity contribution in [3.05, 3.63) is 47.7 Å². The molecular weight excluding hydrogens is 794 g/mol. The van der Waals surface area contributed by atoms with Gasteiger partial charge >= 0.3 is 6.01 Å². The lowest BCUT2D eigenvalue weighted by atomic mass is 9.95. The molecule has 6 heterocycles. The predicted molar refractivity (Wildman–Crippen MR) is 229 cm³/mol. The van der Waals surface area contributed by atoms with Crippen LogP contribution in [0.2, 0.25) is 16.6 Å². The molecule has 2 aromatic carbocycles. The zero-order chi connectivity index (χ0) is 42.2. The van der Waals surface area contributed by atoms with Crippen LogP contribution in [0.4, 0.5) is 19.0 Å². The third-order valence-electron chi connectivity index (χ3n) is 13.7. The summed E-state index contributed by atoms with van der Waals surface area (Å²) in [5.74, 6) is 2.00. The van der Waals surface area contributed by atoms with Gasteiger partial charge in [-0.3, -0.25) is 9.88 Å². The quantitative estimate of drug-likeness (QED) is 0.121. The Morgan fingerprint density at radius 3 is 2.53 bits per heavy atom. The maximum Gasteiger partial charge on any atom is 0.319 e. The van der Waals surface area contributed by atoms with Gasteiger partial charge in [0.2, 0.25) is 0 Å². The van der Waals surface area contributed by atoms with Crippen LogP contribution < -0.4 is 15.0 Å². The maximum atomic E-state index is 17.6. The number of hydrogen-bond acceptors (Lipinski definition) is 10. The summed E-state index contributed by atoms with van der Waals surface area (Å²) in [4.78, 5) is 18.2. The van der Waals surface area contributed by atoms with E-state index in [1.165, 1.54) is 30.7 Å². The summed E-state index contributed by atoms with van der Waals surface area (Å²) >= 11 is 0. The standard InChI is InChI=1S/C44H55F3N6O4SSi/c1-26(2)59(27(3)4,28(5)6)16-12-33-36(46)10-9-29-17-32(54)18-34(37(29)33)39-38(47)40-35(20-48-39)41(52-22-31-11-14-43(23-52,51-31)25-58(7,55)56)50-42(49-40)57-24-44-13-8-15-53(44)21-30(45)19-44/h9-10,17-18,20,26-28,30-31,51,54H,8,11,13-15,19,21-25H2,1-7H3/t30-,31?,43-,44+/m1/s1. The summed E-state index contributed by atoms with van der Waals surface area (Å²) in [7, 11) is -5.68. The lowest BCUT2D eigenvalue weighted by molar-refractivity contribution is 0.107. The number of fused-ring (bicyclic) bond motifs is 5. The van der Waals surface area contributed by atoms with E-state index in [4.69, 9.17) is 9.72 Å². The van der Waals surface area contributed by atoms with Crippen molar-refractivity contribution >= 4 is 45.4 Å². The molecule has 1 unspecified atom stereocenters. The first-order chi connectivity index (χ1) is 27.8. The van der Waals surface area contributed by atoms with E-state index in [-0.39, 0.29) is 74.5 Å². The third kappa shape index (κ3) is 7.46. The molecule has 2 aromatic heterocycles. The predicted octanol–water partition coefficient (Wildman–Crippen LogP) is 7.71. The van der Waals surface area contributed by atoms with Gasteiger partial charge in [0.25, 0.3) is 0 Å². The minimum absolute atomic E-state index is 0.0279. The van der Waals surface area contributed by atoms with E-state index in [1.807, 2.05) is 4.90 Å². The second-order valence-corrected chi connectivity index (χ2v) is 26.4. The first kappa shape index (κ1) is 41.7. The zero-order valence-electron chi connectivity index (χ0n) is 35.0. The Balaban J connectivity index is 1.30. The van der Waals surface area contributed by atoms with Crippen LogP contribution in [0.1, 0.15) is 79.2 Å². The number of sulfone groups is 1. The molecule has 0 spiro atoms. The van der Waals surface area contributed by atoms with E-state index in [9.17, 15) is 17.9 Å². The second kappa shape index (κ2) is 15.2. The fourth-order valence-corrected chi connectivity index (χ4v) is 17.8. The molecule has 0 aliphatic carbocycles. The highest BCUT2D eigenvalue weighted by atomic mass is 32.2. The SMILES string of the molecule is CC(C)[Si](C#Cc1c(F)ccc2cc(O)cc(-c3ncc4c(N5CC6CC[C@](CS(C)(=O)=O)(C5)N6)nc(OC[C@@]56CCCN5C[C@H](F)C6)nc4c3F)c12)(C(C)C)C(C)C. The molecule has 4 fully saturated rings. The van der Waals surface area contributed by atoms with Crippen molar-refractivity contribution in [3.8, 4) is 34.5 Å². The fourth-order valence-electron chi connectivity index (χ4n) is 11.3. The molecule has 4 atom stereocenters. The van der Waals surface area contributed by atoms with E-state index < -0.39 is 46.8 Å². The minimum atomic E-state index is -3.36. The van der Waals surface area contributed by atoms with Crippen molar-refractivity contribution in [3.63, 3.8) is 0 Å². The molecule has 8 rings (SSSR count). The van der Waals surface area contributed by atoms with E-state index in [0.29, 0.717) is 49.1 Å². The lowest BCUT2D eigenvalue weighted by Gasteiger charge is -2.42. The molecule has 4 aliphatic rings. The molecule has 0 amide bonds. The number of nitrogens with zero attached hydrogens (tertiary/aromatic N) is 5. The summed E-state index contributed by atoms with van der Waals surface area (Å²) < 4.78 is 80.0. The summed E-state index contributed by atoms with van der Waals surface area (Å²) in [5, 5.41) is 15.6. The van der Waals surface area contributed by atoms with Gasteiger partial charge < -0.3 is 20.1 Å². The van der Waals surface area contributed by atoms with Gasteiger partial charge in [0.15, 0.2) is 5.82 Å². The Morgan fingerprint density at radius 1 is 1.07 bits per heavy atom. The number of rotatable bonds is 10. The van der Waals surface area contributed by atoms with Crippen LogP contribution in [-0.2, 0) is 9.84 Å². The van der Waals surface area contributed by atoms with E-state index in [1.54, 1.807) is 6.07 Å². The first-order valence-electron chi connectivity index (χ1n) is 20.9. The minimum Gasteiger partial charge on any atom is -0.508 e. The van der Waals surface area contributed by atoms with E-state index in [0.717, 1.165) is 25.8 Å². The summed E-state index contributed by atoms with van der Waals surface area (Å²) in [6.07, 6.45) is 5.14. The number of aromatic nitrogens is 3. The molecule has 4 aromatic rings. The van der Waals surface area contributed by atoms with Gasteiger partial charge in [-0.2, -0.15) is 9.97 Å². The number of pyridine rings is 1. The zero-order valence-corrected chi connectivity index (χ0v) is 36.8. The molecule has 2 bridgehead atoms. The molecular formula is C44H55F3N6O4SSi. The Bertz CT molecular complexity index is 2470. The van der Waals surface area contributed by atoms with Crippen LogP contribution in [0.3, 0.4) is 0 Å². The highest BCUT2D eigenvalue weighted by molar-refractivity contribution is 7.90. The average Bonchev–Trinajstić information content (AvgIpc) is 3.78. The van der Waals surface area contributed by atoms with E-state index in [2.05, 4.69) is 73.2 Å². The van der Waals surface area contributed by atoms with Gasteiger partial charge in [0, 0.05) is 55.5 Å². The highest BCUT2D eigenvalue weighted by Gasteiger charge is 2.50. The van der Waals surface area contributed by atoms with Crippen molar-refractivity contribution in [2.24, 2.45) is 0 Å². The molecule has 0 radical (unpaired) electrons. The molecule has 4 aliphatic heterocycles. The number of piperazine rings is 1. The number of nitrogens with one attached hydrogen (secondary N) is 1. The van der Waals surface area contributed by atoms with E-state index >= 15 is 8.78 Å². The number of ether oxygens (including phenoxy) is 1. The highest BCUT2D eigenvalue weighted by Crippen LogP contribution is 2.44. The van der Waals surface area contributed by atoms with Crippen molar-refractivity contribution in [2.45, 2.75) is 114 Å². The molecule has 15 heteroatoms. The van der Waals surface area contributed by atoms with Crippen LogP contribution in [0.25, 0.3) is 32.9 Å². The van der Waals surface area contributed by atoms with Gasteiger partial charge in [-0.25, -0.2) is 21.6 Å². The Hall–Kier alpha value is -3.97. The topological polar surface area (TPSA) is 121 Å². The smallest absolute Gasteiger partial charge is 0.319 e. The van der Waals surface area contributed by atoms with Gasteiger partial charge in [-0.05, 0) is 72.4 Å². The number of aromatic hydroxyl groups is 1. The van der Waals surface area contributed by atoms with Gasteiger partial charge in [0.05, 0.1) is 27.8 Å². The summed E-state index contributed by atoms with van der Waals surface area (Å²) in [6, 6.07) is 5.64. The third-order valence-corrected chi connectivity index (χ3v) is 21.1. The number of benzene rings is 2. The van der Waals surface area contributed by atoms with Crippen molar-refractivity contribution in [1.82, 2.24) is 25.2 Å². The van der Waals surface area contributed by atoms with Crippen LogP contribution in [0, 0.1) is 23.1 Å². The molecule has 2 N–H and O–H groups in total. The Kier molecular flexibility index (Phi) is 10.7. The van der Waals surface area contributed by atoms with Crippen LogP contribution in [0.5, 0.6) is 11.8 Å². The molecule has 4 saturated heterocycles. The average molecular weight is 849 g/mol. The first-order valence-corrected chi connectivity index (χ1v) is 25.2. The number of phenols is 1. The van der Waals surface area contributed by atoms with Crippen LogP contribution in [0.15, 0.2) is 30.5 Å². The Morgan fingerprint density at radius 2 is 1.81 bits per heavy atom. The fraction of sp³-hybridized carbons (Fsp3) is 0.568. The number of anilines is 1. The molecule has 316 valence electrons. The summed E-state index contributed by atoms with van der Waals surface area (Å²) in [6.45, 7) is 15.1. The summed E-state index contributed by atoms with van der Waals surface area (Å²) in [5.41, 5.74) is 3.25. The largest absolute Gasteiger partial charge is 0.508 e. The van der Waals surface area contributed by atoms with Crippen molar-refractivity contribution < 1.29 is 31.4 Å². The molecule has 0 saturated carbocycles.